The molecule has 0 amide bonds. The molecule has 2 heterocycles. The molecule has 0 aliphatic rings. The number of benzene rings is 2. The Balaban J connectivity index is 1.82. The summed E-state index contributed by atoms with van der Waals surface area (Å²) >= 11 is 1.53. The van der Waals surface area contributed by atoms with Gasteiger partial charge in [-0.15, -0.1) is 11.3 Å². The molecule has 154 valence electrons. The SMILES string of the molecule is COc1ccc(C=Nn2c(-c3cc4ccccc4o3)csc2=NC(C)C)c(OC)c1. The Morgan fingerprint density at radius 1 is 1.07 bits per heavy atom. The number of methoxy groups -OCH3 is 2. The van der Waals surface area contributed by atoms with Crippen LogP contribution in [0.3, 0.4) is 0 Å². The van der Waals surface area contributed by atoms with E-state index < -0.39 is 0 Å². The van der Waals surface area contributed by atoms with Gasteiger partial charge in [0.1, 0.15) is 22.8 Å². The van der Waals surface area contributed by atoms with Gasteiger partial charge in [0.05, 0.1) is 20.4 Å². The zero-order valence-electron chi connectivity index (χ0n) is 17.3. The zero-order chi connectivity index (χ0) is 21.1. The summed E-state index contributed by atoms with van der Waals surface area (Å²) in [5.74, 6) is 2.16. The highest BCUT2D eigenvalue weighted by molar-refractivity contribution is 7.07. The predicted octanol–water partition coefficient (Wildman–Crippen LogP) is 5.17. The number of rotatable bonds is 6. The maximum absolute atomic E-state index is 6.07. The van der Waals surface area contributed by atoms with Gasteiger partial charge >= 0.3 is 0 Å². The highest BCUT2D eigenvalue weighted by atomic mass is 32.1. The lowest BCUT2D eigenvalue weighted by Crippen LogP contribution is -2.14. The Hall–Kier alpha value is -3.32. The Morgan fingerprint density at radius 2 is 1.90 bits per heavy atom. The van der Waals surface area contributed by atoms with Crippen LogP contribution in [0.2, 0.25) is 0 Å². The van der Waals surface area contributed by atoms with Crippen LogP contribution in [0.15, 0.2) is 68.4 Å². The largest absolute Gasteiger partial charge is 0.497 e. The minimum Gasteiger partial charge on any atom is -0.497 e. The van der Waals surface area contributed by atoms with Crippen molar-refractivity contribution in [3.8, 4) is 23.0 Å². The average Bonchev–Trinajstić information content (AvgIpc) is 3.35. The van der Waals surface area contributed by atoms with Crippen molar-refractivity contribution in [2.75, 3.05) is 14.2 Å². The lowest BCUT2D eigenvalue weighted by Gasteiger charge is -2.07. The summed E-state index contributed by atoms with van der Waals surface area (Å²) in [6.45, 7) is 4.09. The van der Waals surface area contributed by atoms with E-state index in [2.05, 4.69) is 0 Å². The fourth-order valence-electron chi connectivity index (χ4n) is 3.04. The van der Waals surface area contributed by atoms with E-state index in [4.69, 9.17) is 24.0 Å². The predicted molar refractivity (Wildman–Crippen MR) is 121 cm³/mol. The van der Waals surface area contributed by atoms with Gasteiger partial charge in [-0.2, -0.15) is 5.10 Å². The zero-order valence-corrected chi connectivity index (χ0v) is 18.1. The van der Waals surface area contributed by atoms with Gasteiger partial charge < -0.3 is 13.9 Å². The second-order valence-electron chi connectivity index (χ2n) is 6.94. The van der Waals surface area contributed by atoms with Crippen molar-refractivity contribution in [2.24, 2.45) is 10.1 Å². The van der Waals surface area contributed by atoms with Crippen molar-refractivity contribution >= 4 is 28.5 Å². The van der Waals surface area contributed by atoms with Crippen LogP contribution in [-0.2, 0) is 0 Å². The molecule has 0 spiro atoms. The van der Waals surface area contributed by atoms with Crippen molar-refractivity contribution in [2.45, 2.75) is 19.9 Å². The van der Waals surface area contributed by atoms with Crippen LogP contribution in [0, 0.1) is 0 Å². The molecular weight excluding hydrogens is 398 g/mol. The molecule has 0 saturated heterocycles. The van der Waals surface area contributed by atoms with Crippen molar-refractivity contribution in [1.82, 2.24) is 4.68 Å². The number of hydrogen-bond donors (Lipinski definition) is 0. The summed E-state index contributed by atoms with van der Waals surface area (Å²) in [6.07, 6.45) is 1.76. The molecule has 0 radical (unpaired) electrons. The molecule has 4 aromatic rings. The third-order valence-corrected chi connectivity index (χ3v) is 5.32. The van der Waals surface area contributed by atoms with E-state index in [1.165, 1.54) is 11.3 Å². The van der Waals surface area contributed by atoms with E-state index in [0.717, 1.165) is 38.5 Å². The van der Waals surface area contributed by atoms with E-state index in [0.29, 0.717) is 5.75 Å². The third-order valence-electron chi connectivity index (χ3n) is 4.48. The molecule has 0 atom stereocenters. The number of ether oxygens (including phenoxy) is 2. The van der Waals surface area contributed by atoms with Gasteiger partial charge in [-0.3, -0.25) is 4.99 Å². The summed E-state index contributed by atoms with van der Waals surface area (Å²) in [6, 6.07) is 15.7. The summed E-state index contributed by atoms with van der Waals surface area (Å²) in [7, 11) is 3.26. The molecule has 2 aromatic heterocycles. The van der Waals surface area contributed by atoms with Crippen molar-refractivity contribution in [1.29, 1.82) is 0 Å². The van der Waals surface area contributed by atoms with Crippen LogP contribution in [0.5, 0.6) is 11.5 Å². The fourth-order valence-corrected chi connectivity index (χ4v) is 3.99. The van der Waals surface area contributed by atoms with E-state index in [1.54, 1.807) is 20.4 Å². The monoisotopic (exact) mass is 421 g/mol. The molecule has 6 nitrogen and oxygen atoms in total. The Bertz CT molecular complexity index is 1230. The number of furan rings is 1. The minimum atomic E-state index is 0.143. The number of nitrogens with zero attached hydrogens (tertiary/aromatic N) is 3. The lowest BCUT2D eigenvalue weighted by atomic mass is 10.2. The van der Waals surface area contributed by atoms with Gasteiger partial charge in [0.15, 0.2) is 5.76 Å². The molecule has 2 aromatic carbocycles. The highest BCUT2D eigenvalue weighted by Gasteiger charge is 2.13. The van der Waals surface area contributed by atoms with Gasteiger partial charge in [0.25, 0.3) is 0 Å². The molecule has 4 rings (SSSR count). The molecule has 0 bridgehead atoms. The van der Waals surface area contributed by atoms with E-state index in [-0.39, 0.29) is 6.04 Å². The minimum absolute atomic E-state index is 0.143. The quantitative estimate of drug-likeness (QED) is 0.404. The first kappa shape index (κ1) is 20.0. The van der Waals surface area contributed by atoms with Crippen molar-refractivity contribution in [3.05, 3.63) is 64.3 Å². The summed E-state index contributed by atoms with van der Waals surface area (Å²) < 4.78 is 18.6. The number of thiazole rings is 1. The van der Waals surface area contributed by atoms with Crippen LogP contribution in [0.1, 0.15) is 19.4 Å². The molecule has 7 heteroatoms. The third kappa shape index (κ3) is 4.02. The molecule has 0 aliphatic heterocycles. The van der Waals surface area contributed by atoms with Crippen LogP contribution in [-0.4, -0.2) is 31.2 Å². The maximum Gasteiger partial charge on any atom is 0.206 e. The summed E-state index contributed by atoms with van der Waals surface area (Å²) in [5.41, 5.74) is 2.52. The summed E-state index contributed by atoms with van der Waals surface area (Å²) in [5, 5.41) is 7.79. The molecule has 0 N–H and O–H groups in total. The first-order chi connectivity index (χ1) is 14.6. The number of hydrogen-bond acceptors (Lipinski definition) is 6. The van der Waals surface area contributed by atoms with Crippen LogP contribution >= 0.6 is 11.3 Å². The van der Waals surface area contributed by atoms with E-state index in [1.807, 2.05) is 72.4 Å². The second-order valence-corrected chi connectivity index (χ2v) is 7.78. The molecule has 30 heavy (non-hydrogen) atoms. The molecule has 0 unspecified atom stereocenters. The standard InChI is InChI=1S/C23H23N3O3S/c1-15(2)25-23-26(24-13-17-9-10-18(27-3)12-21(17)28-4)19(14-30-23)22-11-16-7-5-6-8-20(16)29-22/h5-15H,1-4H3. The van der Waals surface area contributed by atoms with Crippen molar-refractivity contribution < 1.29 is 13.9 Å². The summed E-state index contributed by atoms with van der Waals surface area (Å²) in [4.78, 5) is 5.51. The van der Waals surface area contributed by atoms with E-state index >= 15 is 0 Å². The first-order valence-corrected chi connectivity index (χ1v) is 10.5. The molecule has 0 saturated carbocycles. The highest BCUT2D eigenvalue weighted by Crippen LogP contribution is 2.28. The molecule has 0 aliphatic carbocycles. The maximum atomic E-state index is 6.07. The van der Waals surface area contributed by atoms with Gasteiger partial charge in [-0.25, -0.2) is 4.68 Å². The van der Waals surface area contributed by atoms with Gasteiger partial charge in [0, 0.05) is 28.4 Å². The fraction of sp³-hybridized carbons (Fsp3) is 0.217. The van der Waals surface area contributed by atoms with Crippen molar-refractivity contribution in [3.63, 3.8) is 0 Å². The van der Waals surface area contributed by atoms with Gasteiger partial charge in [-0.1, -0.05) is 18.2 Å². The number of para-hydroxylation sites is 1. The normalized spacial score (nSPS) is 12.4. The molecule has 0 fully saturated rings. The van der Waals surface area contributed by atoms with Crippen LogP contribution < -0.4 is 14.3 Å². The number of fused-ring (bicyclic) bond motifs is 1. The topological polar surface area (TPSA) is 61.2 Å². The average molecular weight is 422 g/mol. The van der Waals surface area contributed by atoms with Crippen LogP contribution in [0.25, 0.3) is 22.4 Å². The smallest absolute Gasteiger partial charge is 0.206 e. The van der Waals surface area contributed by atoms with Crippen LogP contribution in [0.4, 0.5) is 0 Å². The van der Waals surface area contributed by atoms with E-state index in [9.17, 15) is 0 Å². The Labute approximate surface area is 178 Å². The first-order valence-electron chi connectivity index (χ1n) is 9.58. The number of aromatic nitrogens is 1. The lowest BCUT2D eigenvalue weighted by molar-refractivity contribution is 0.394. The molecular formula is C23H23N3O3S. The van der Waals surface area contributed by atoms with Gasteiger partial charge in [-0.05, 0) is 38.1 Å². The Morgan fingerprint density at radius 3 is 2.63 bits per heavy atom. The van der Waals surface area contributed by atoms with Gasteiger partial charge in [0.2, 0.25) is 4.80 Å². The second kappa shape index (κ2) is 8.59. The Kier molecular flexibility index (Phi) is 5.72.